The van der Waals surface area contributed by atoms with Gasteiger partial charge >= 0.3 is 6.18 Å². The highest BCUT2D eigenvalue weighted by Crippen LogP contribution is 2.43. The molecule has 2 saturated carbocycles. The first-order valence-corrected chi connectivity index (χ1v) is 14.7. The third-order valence-electron chi connectivity index (χ3n) is 7.48. The minimum Gasteiger partial charge on any atom is -0.471 e. The van der Waals surface area contributed by atoms with E-state index in [0.717, 1.165) is 36.2 Å². The van der Waals surface area contributed by atoms with Crippen LogP contribution in [0.3, 0.4) is 0 Å². The van der Waals surface area contributed by atoms with Crippen molar-refractivity contribution in [3.05, 3.63) is 57.5 Å². The molecule has 1 aliphatic heterocycles. The number of nitrogens with zero attached hydrogens (tertiary/aromatic N) is 2. The van der Waals surface area contributed by atoms with Gasteiger partial charge in [0.25, 0.3) is 5.91 Å². The van der Waals surface area contributed by atoms with E-state index < -0.39 is 49.4 Å². The molecule has 1 aromatic heterocycles. The number of amides is 1. The van der Waals surface area contributed by atoms with Crippen LogP contribution in [-0.2, 0) is 22.7 Å². The van der Waals surface area contributed by atoms with Gasteiger partial charge in [0.15, 0.2) is 0 Å². The highest BCUT2D eigenvalue weighted by molar-refractivity contribution is 7.91. The molecular weight excluding hydrogens is 562 g/mol. The molecule has 1 saturated heterocycles. The predicted molar refractivity (Wildman–Crippen MR) is 136 cm³/mol. The summed E-state index contributed by atoms with van der Waals surface area (Å²) in [5.41, 5.74) is -0.472. The molecule has 13 heteroatoms. The lowest BCUT2D eigenvalue weighted by atomic mass is 9.92. The molecular formula is C26H28ClF4N3O4S. The molecule has 212 valence electrons. The number of halogens is 5. The molecule has 0 bridgehead atoms. The van der Waals surface area contributed by atoms with Gasteiger partial charge in [0, 0.05) is 25.7 Å². The van der Waals surface area contributed by atoms with E-state index in [1.54, 1.807) is 0 Å². The van der Waals surface area contributed by atoms with E-state index in [1.807, 2.05) is 11.6 Å². The number of aromatic nitrogens is 1. The molecule has 2 aromatic rings. The van der Waals surface area contributed by atoms with Crippen molar-refractivity contribution in [1.82, 2.24) is 14.6 Å². The van der Waals surface area contributed by atoms with E-state index in [2.05, 4.69) is 9.88 Å². The van der Waals surface area contributed by atoms with Crippen LogP contribution in [0.5, 0.6) is 5.88 Å². The van der Waals surface area contributed by atoms with Gasteiger partial charge in [0.2, 0.25) is 15.9 Å². The van der Waals surface area contributed by atoms with Gasteiger partial charge in [0.1, 0.15) is 11.4 Å². The number of benzene rings is 1. The summed E-state index contributed by atoms with van der Waals surface area (Å²) in [7, 11) is -3.80. The van der Waals surface area contributed by atoms with Crippen LogP contribution in [0.15, 0.2) is 24.4 Å². The zero-order valence-corrected chi connectivity index (χ0v) is 22.7. The van der Waals surface area contributed by atoms with E-state index in [0.29, 0.717) is 45.3 Å². The highest BCUT2D eigenvalue weighted by atomic mass is 35.5. The Hall–Kier alpha value is -2.44. The van der Waals surface area contributed by atoms with Gasteiger partial charge in [-0.05, 0) is 74.6 Å². The molecule has 3 fully saturated rings. The molecule has 2 aliphatic carbocycles. The maximum absolute atomic E-state index is 15.0. The Balaban J connectivity index is 1.25. The number of carbonyl (C=O) groups excluding carboxylic acids is 1. The summed E-state index contributed by atoms with van der Waals surface area (Å²) in [6.07, 6.45) is 0.0824. The van der Waals surface area contributed by atoms with Crippen LogP contribution in [0.4, 0.5) is 17.6 Å². The van der Waals surface area contributed by atoms with Crippen LogP contribution >= 0.6 is 11.6 Å². The Morgan fingerprint density at radius 2 is 1.85 bits per heavy atom. The minimum absolute atomic E-state index is 0.154. The Morgan fingerprint density at radius 1 is 1.18 bits per heavy atom. The van der Waals surface area contributed by atoms with E-state index in [1.165, 1.54) is 12.1 Å². The Bertz CT molecular complexity index is 1390. The molecule has 0 spiro atoms. The number of hydrogen-bond acceptors (Lipinski definition) is 6. The summed E-state index contributed by atoms with van der Waals surface area (Å²) in [5, 5.41) is -1.09. The third-order valence-corrected chi connectivity index (χ3v) is 9.60. The number of nitrogens with one attached hydrogen (secondary N) is 1. The second-order valence-electron chi connectivity index (χ2n) is 10.8. The molecule has 1 N–H and O–H groups in total. The number of carbonyl (C=O) groups is 1. The number of pyridine rings is 1. The second kappa shape index (κ2) is 10.2. The minimum atomic E-state index is -4.63. The Labute approximate surface area is 228 Å². The smallest absolute Gasteiger partial charge is 0.418 e. The van der Waals surface area contributed by atoms with E-state index >= 15 is 4.39 Å². The summed E-state index contributed by atoms with van der Waals surface area (Å²) in [6, 6.07) is 3.59. The standard InChI is InChI=1S/C26H28ClF4N3O4S/c1-25(38-23-12-20(26(29,30)31)21(27)13-32-23)6-8-34(9-7-25)14-16-10-22(28)19(11-18(16)15-2-3-15)24(35)33-39(36,37)17-4-5-17/h10-13,15,17H,2-9,14H2,1H3,(H,33,35). The monoisotopic (exact) mass is 589 g/mol. The molecule has 1 aromatic carbocycles. The zero-order valence-electron chi connectivity index (χ0n) is 21.2. The van der Waals surface area contributed by atoms with Gasteiger partial charge in [0.05, 0.1) is 27.6 Å². The molecule has 0 radical (unpaired) electrons. The SMILES string of the molecule is CC1(Oc2cc(C(F)(F)F)c(Cl)cn2)CCN(Cc2cc(F)c(C(=O)NS(=O)(=O)C3CC3)cc2C2CC2)CC1. The molecule has 7 nitrogen and oxygen atoms in total. The second-order valence-corrected chi connectivity index (χ2v) is 13.2. The quantitative estimate of drug-likeness (QED) is 0.413. The molecule has 1 amide bonds. The highest BCUT2D eigenvalue weighted by Gasteiger charge is 2.39. The van der Waals surface area contributed by atoms with Crippen molar-refractivity contribution in [2.24, 2.45) is 0 Å². The maximum Gasteiger partial charge on any atom is 0.418 e. The number of sulfonamides is 1. The Morgan fingerprint density at radius 3 is 2.44 bits per heavy atom. The van der Waals surface area contributed by atoms with Crippen LogP contribution in [-0.4, -0.2) is 48.1 Å². The summed E-state index contributed by atoms with van der Waals surface area (Å²) < 4.78 is 86.9. The number of piperidine rings is 1. The van der Waals surface area contributed by atoms with Gasteiger partial charge in [-0.25, -0.2) is 22.5 Å². The molecule has 3 aliphatic rings. The lowest BCUT2D eigenvalue weighted by Gasteiger charge is -2.39. The third kappa shape index (κ3) is 6.49. The van der Waals surface area contributed by atoms with Crippen molar-refractivity contribution >= 4 is 27.5 Å². The average molecular weight is 590 g/mol. The first kappa shape index (κ1) is 28.1. The number of likely N-dealkylation sites (tertiary alicyclic amines) is 1. The fraction of sp³-hybridized carbons (Fsp3) is 0.538. The van der Waals surface area contributed by atoms with Gasteiger partial charge in [-0.15, -0.1) is 0 Å². The topological polar surface area (TPSA) is 88.6 Å². The van der Waals surface area contributed by atoms with Crippen LogP contribution < -0.4 is 9.46 Å². The van der Waals surface area contributed by atoms with Gasteiger partial charge in [-0.1, -0.05) is 11.6 Å². The summed E-state index contributed by atoms with van der Waals surface area (Å²) in [6.45, 7) is 3.32. The Kier molecular flexibility index (Phi) is 7.34. The number of ether oxygens (including phenoxy) is 1. The maximum atomic E-state index is 15.0. The average Bonchev–Trinajstić information content (AvgIpc) is 3.74. The van der Waals surface area contributed by atoms with Crippen molar-refractivity contribution < 1.29 is 35.5 Å². The zero-order chi connectivity index (χ0) is 28.2. The van der Waals surface area contributed by atoms with Crippen molar-refractivity contribution in [3.8, 4) is 5.88 Å². The largest absolute Gasteiger partial charge is 0.471 e. The predicted octanol–water partition coefficient (Wildman–Crippen LogP) is 5.43. The van der Waals surface area contributed by atoms with Crippen LogP contribution in [0.25, 0.3) is 0 Å². The summed E-state index contributed by atoms with van der Waals surface area (Å²) in [4.78, 5) is 18.6. The van der Waals surface area contributed by atoms with Crippen molar-refractivity contribution in [2.75, 3.05) is 13.1 Å². The van der Waals surface area contributed by atoms with E-state index in [-0.39, 0.29) is 17.4 Å². The van der Waals surface area contributed by atoms with Crippen molar-refractivity contribution in [2.45, 2.75) is 74.9 Å². The number of alkyl halides is 3. The summed E-state index contributed by atoms with van der Waals surface area (Å²) in [5.74, 6) is -1.71. The lowest BCUT2D eigenvalue weighted by Crippen LogP contribution is -2.46. The first-order chi connectivity index (χ1) is 18.2. The lowest BCUT2D eigenvalue weighted by molar-refractivity contribution is -0.137. The molecule has 39 heavy (non-hydrogen) atoms. The molecule has 0 atom stereocenters. The van der Waals surface area contributed by atoms with Gasteiger partial charge in [-0.2, -0.15) is 13.2 Å². The fourth-order valence-corrected chi connectivity index (χ4v) is 6.34. The normalized spacial score (nSPS) is 20.1. The number of hydrogen-bond donors (Lipinski definition) is 1. The van der Waals surface area contributed by atoms with Crippen molar-refractivity contribution in [3.63, 3.8) is 0 Å². The van der Waals surface area contributed by atoms with Crippen LogP contribution in [0.2, 0.25) is 5.02 Å². The van der Waals surface area contributed by atoms with Crippen molar-refractivity contribution in [1.29, 1.82) is 0 Å². The molecule has 0 unspecified atom stereocenters. The van der Waals surface area contributed by atoms with E-state index in [4.69, 9.17) is 16.3 Å². The van der Waals surface area contributed by atoms with E-state index in [9.17, 15) is 26.4 Å². The van der Waals surface area contributed by atoms with Gasteiger partial charge < -0.3 is 4.74 Å². The van der Waals surface area contributed by atoms with Crippen LogP contribution in [0, 0.1) is 5.82 Å². The first-order valence-electron chi connectivity index (χ1n) is 12.8. The number of rotatable bonds is 8. The molecule has 2 heterocycles. The van der Waals surface area contributed by atoms with Gasteiger partial charge in [-0.3, -0.25) is 9.69 Å². The summed E-state index contributed by atoms with van der Waals surface area (Å²) >= 11 is 5.65. The van der Waals surface area contributed by atoms with Crippen LogP contribution in [0.1, 0.15) is 78.4 Å². The fourth-order valence-electron chi connectivity index (χ4n) is 4.83. The molecule has 5 rings (SSSR count).